The number of carbonyl (C=O) groups is 3. The van der Waals surface area contributed by atoms with Crippen LogP contribution < -0.4 is 10.1 Å². The Morgan fingerprint density at radius 3 is 2.49 bits per heavy atom. The zero-order valence-corrected chi connectivity index (χ0v) is 23.1. The summed E-state index contributed by atoms with van der Waals surface area (Å²) in [5, 5.41) is 12.2. The third-order valence-electron chi connectivity index (χ3n) is 6.40. The van der Waals surface area contributed by atoms with Crippen molar-refractivity contribution in [2.45, 2.75) is 40.5 Å². The number of amides is 3. The van der Waals surface area contributed by atoms with Crippen LogP contribution in [0.5, 0.6) is 5.75 Å². The van der Waals surface area contributed by atoms with E-state index in [1.807, 2.05) is 13.0 Å². The van der Waals surface area contributed by atoms with Crippen LogP contribution in [0.2, 0.25) is 5.02 Å². The third-order valence-corrected chi connectivity index (χ3v) is 6.83. The maximum atomic E-state index is 13.1. The molecular weight excluding hydrogens is 526 g/mol. The van der Waals surface area contributed by atoms with Gasteiger partial charge in [0.2, 0.25) is 5.91 Å². The molecule has 0 saturated carbocycles. The zero-order chi connectivity index (χ0) is 28.1. The molecule has 1 aromatic carbocycles. The first-order chi connectivity index (χ1) is 18.7. The number of hydrogen-bond acceptors (Lipinski definition) is 7. The Labute approximate surface area is 231 Å². The average molecular weight is 558 g/mol. The lowest BCUT2D eigenvalue weighted by molar-refractivity contribution is -0.136. The molecule has 13 heteroatoms. The van der Waals surface area contributed by atoms with Crippen molar-refractivity contribution in [3.05, 3.63) is 58.6 Å². The van der Waals surface area contributed by atoms with Crippen molar-refractivity contribution in [1.82, 2.24) is 29.4 Å². The molecule has 1 atom stereocenters. The minimum atomic E-state index is -0.587. The summed E-state index contributed by atoms with van der Waals surface area (Å²) in [4.78, 5) is 41.1. The Bertz CT molecular complexity index is 1350. The van der Waals surface area contributed by atoms with Gasteiger partial charge in [0, 0.05) is 43.6 Å². The molecule has 1 aliphatic heterocycles. The summed E-state index contributed by atoms with van der Waals surface area (Å²) in [7, 11) is 0. The van der Waals surface area contributed by atoms with E-state index in [9.17, 15) is 14.4 Å². The average Bonchev–Trinajstić information content (AvgIpc) is 3.55. The zero-order valence-electron chi connectivity index (χ0n) is 22.4. The van der Waals surface area contributed by atoms with Crippen LogP contribution in [-0.2, 0) is 16.3 Å². The standard InChI is InChI=1S/C26H32ClN7O5/c1-5-38-26(37)32-12-10-31(11-13-32)25(36)19(4)34-15-23(18(3)29-34)28-24(35)22-8-9-33(30-22)16-39-20-6-7-21(27)17(2)14-20/h6-9,14-15,19H,5,10-13,16H2,1-4H3,(H,28,35). The highest BCUT2D eigenvalue weighted by Gasteiger charge is 2.29. The fourth-order valence-electron chi connectivity index (χ4n) is 4.09. The van der Waals surface area contributed by atoms with Crippen molar-refractivity contribution in [3.63, 3.8) is 0 Å². The van der Waals surface area contributed by atoms with Crippen molar-refractivity contribution < 1.29 is 23.9 Å². The Morgan fingerprint density at radius 2 is 1.79 bits per heavy atom. The summed E-state index contributed by atoms with van der Waals surface area (Å²) in [6.07, 6.45) is 2.92. The predicted molar refractivity (Wildman–Crippen MR) is 144 cm³/mol. The summed E-state index contributed by atoms with van der Waals surface area (Å²) in [5.74, 6) is 0.118. The summed E-state index contributed by atoms with van der Waals surface area (Å²) >= 11 is 6.05. The lowest BCUT2D eigenvalue weighted by Gasteiger charge is -2.35. The SMILES string of the molecule is CCOC(=O)N1CCN(C(=O)C(C)n2cc(NC(=O)c3ccn(COc4ccc(Cl)c(C)c4)n3)c(C)n2)CC1. The largest absolute Gasteiger partial charge is 0.471 e. The van der Waals surface area contributed by atoms with E-state index in [0.29, 0.717) is 54.9 Å². The number of nitrogens with zero attached hydrogens (tertiary/aromatic N) is 6. The number of hydrogen-bond donors (Lipinski definition) is 1. The van der Waals surface area contributed by atoms with Gasteiger partial charge in [0.05, 0.1) is 18.0 Å². The Kier molecular flexibility index (Phi) is 8.75. The normalized spacial score (nSPS) is 14.2. The van der Waals surface area contributed by atoms with Gasteiger partial charge in [-0.05, 0) is 57.5 Å². The van der Waals surface area contributed by atoms with Gasteiger partial charge < -0.3 is 24.6 Å². The highest BCUT2D eigenvalue weighted by atomic mass is 35.5. The van der Waals surface area contributed by atoms with Crippen LogP contribution >= 0.6 is 11.6 Å². The molecular formula is C26H32ClN7O5. The van der Waals surface area contributed by atoms with E-state index in [0.717, 1.165) is 5.56 Å². The van der Waals surface area contributed by atoms with Gasteiger partial charge in [-0.25, -0.2) is 9.48 Å². The van der Waals surface area contributed by atoms with Gasteiger partial charge in [0.1, 0.15) is 11.8 Å². The first kappa shape index (κ1) is 28.0. The molecule has 2 aromatic heterocycles. The fourth-order valence-corrected chi connectivity index (χ4v) is 4.21. The maximum Gasteiger partial charge on any atom is 0.409 e. The van der Waals surface area contributed by atoms with Gasteiger partial charge in [-0.15, -0.1) is 0 Å². The monoisotopic (exact) mass is 557 g/mol. The van der Waals surface area contributed by atoms with E-state index < -0.39 is 11.9 Å². The highest BCUT2D eigenvalue weighted by molar-refractivity contribution is 6.31. The molecule has 0 bridgehead atoms. The van der Waals surface area contributed by atoms with Crippen LogP contribution in [0.1, 0.15) is 41.6 Å². The third kappa shape index (κ3) is 6.69. The number of carbonyl (C=O) groups excluding carboxylic acids is 3. The van der Waals surface area contributed by atoms with E-state index in [-0.39, 0.29) is 24.4 Å². The second-order valence-corrected chi connectivity index (χ2v) is 9.58. The van der Waals surface area contributed by atoms with Crippen LogP contribution in [-0.4, -0.2) is 80.1 Å². The van der Waals surface area contributed by atoms with Crippen LogP contribution in [0, 0.1) is 13.8 Å². The van der Waals surface area contributed by atoms with E-state index >= 15 is 0 Å². The minimum absolute atomic E-state index is 0.117. The summed E-state index contributed by atoms with van der Waals surface area (Å²) < 4.78 is 13.8. The van der Waals surface area contributed by atoms with Crippen molar-refractivity contribution >= 4 is 35.2 Å². The lowest BCUT2D eigenvalue weighted by atomic mass is 10.2. The molecule has 0 spiro atoms. The van der Waals surface area contributed by atoms with Crippen LogP contribution in [0.3, 0.4) is 0 Å². The summed E-state index contributed by atoms with van der Waals surface area (Å²) in [6, 6.07) is 6.36. The van der Waals surface area contributed by atoms with E-state index in [4.69, 9.17) is 21.1 Å². The van der Waals surface area contributed by atoms with E-state index in [1.54, 1.807) is 61.2 Å². The van der Waals surface area contributed by atoms with Crippen molar-refractivity contribution in [3.8, 4) is 5.75 Å². The maximum absolute atomic E-state index is 13.1. The Hall–Kier alpha value is -4.06. The molecule has 0 radical (unpaired) electrons. The van der Waals surface area contributed by atoms with Gasteiger partial charge >= 0.3 is 6.09 Å². The molecule has 208 valence electrons. The van der Waals surface area contributed by atoms with Crippen molar-refractivity contribution in [2.75, 3.05) is 38.1 Å². The second-order valence-electron chi connectivity index (χ2n) is 9.17. The molecule has 3 aromatic rings. The van der Waals surface area contributed by atoms with Crippen molar-refractivity contribution in [1.29, 1.82) is 0 Å². The van der Waals surface area contributed by atoms with Gasteiger partial charge in [-0.3, -0.25) is 14.3 Å². The number of halogens is 1. The van der Waals surface area contributed by atoms with Gasteiger partial charge in [-0.1, -0.05) is 11.6 Å². The van der Waals surface area contributed by atoms with Crippen LogP contribution in [0.25, 0.3) is 0 Å². The van der Waals surface area contributed by atoms with E-state index in [1.165, 1.54) is 9.36 Å². The van der Waals surface area contributed by atoms with Gasteiger partial charge in [0.15, 0.2) is 12.4 Å². The number of nitrogens with one attached hydrogen (secondary N) is 1. The molecule has 0 aliphatic carbocycles. The summed E-state index contributed by atoms with van der Waals surface area (Å²) in [6.45, 7) is 9.23. The molecule has 12 nitrogen and oxygen atoms in total. The predicted octanol–water partition coefficient (Wildman–Crippen LogP) is 3.50. The fraction of sp³-hybridized carbons (Fsp3) is 0.423. The topological polar surface area (TPSA) is 124 Å². The molecule has 3 amide bonds. The summed E-state index contributed by atoms with van der Waals surface area (Å²) in [5.41, 5.74) is 2.16. The molecule has 4 rings (SSSR count). The molecule has 3 heterocycles. The molecule has 1 fully saturated rings. The molecule has 1 N–H and O–H groups in total. The lowest BCUT2D eigenvalue weighted by Crippen LogP contribution is -2.52. The Balaban J connectivity index is 1.32. The number of aromatic nitrogens is 4. The number of piperazine rings is 1. The first-order valence-electron chi connectivity index (χ1n) is 12.7. The van der Waals surface area contributed by atoms with Crippen LogP contribution in [0.4, 0.5) is 10.5 Å². The smallest absolute Gasteiger partial charge is 0.409 e. The highest BCUT2D eigenvalue weighted by Crippen LogP contribution is 2.22. The number of anilines is 1. The van der Waals surface area contributed by atoms with Gasteiger partial charge in [0.25, 0.3) is 5.91 Å². The molecule has 1 unspecified atom stereocenters. The number of rotatable bonds is 8. The number of ether oxygens (including phenoxy) is 2. The molecule has 39 heavy (non-hydrogen) atoms. The van der Waals surface area contributed by atoms with Gasteiger partial charge in [-0.2, -0.15) is 10.2 Å². The van der Waals surface area contributed by atoms with E-state index in [2.05, 4.69) is 15.5 Å². The number of benzene rings is 1. The van der Waals surface area contributed by atoms with Crippen LogP contribution in [0.15, 0.2) is 36.7 Å². The molecule has 1 aliphatic rings. The number of aryl methyl sites for hydroxylation is 2. The quantitative estimate of drug-likeness (QED) is 0.449. The van der Waals surface area contributed by atoms with Crippen molar-refractivity contribution in [2.24, 2.45) is 0 Å². The minimum Gasteiger partial charge on any atom is -0.471 e. The first-order valence-corrected chi connectivity index (χ1v) is 13.0. The second kappa shape index (κ2) is 12.2. The molecule has 1 saturated heterocycles. The Morgan fingerprint density at radius 1 is 1.08 bits per heavy atom.